The van der Waals surface area contributed by atoms with E-state index in [0.29, 0.717) is 5.41 Å². The lowest BCUT2D eigenvalue weighted by atomic mass is 9.50. The average molecular weight is 363 g/mol. The quantitative estimate of drug-likeness (QED) is 0.407. The fourth-order valence-electron chi connectivity index (χ4n) is 7.60. The summed E-state index contributed by atoms with van der Waals surface area (Å²) in [5.74, 6) is 4.39. The Morgan fingerprint density at radius 1 is 0.885 bits per heavy atom. The van der Waals surface area contributed by atoms with Crippen molar-refractivity contribution < 1.29 is 9.47 Å². The van der Waals surface area contributed by atoms with E-state index < -0.39 is 0 Å². The summed E-state index contributed by atoms with van der Waals surface area (Å²) in [5, 5.41) is 0. The highest BCUT2D eigenvalue weighted by Gasteiger charge is 2.56. The van der Waals surface area contributed by atoms with Gasteiger partial charge in [0.2, 0.25) is 0 Å². The van der Waals surface area contributed by atoms with Gasteiger partial charge in [0.25, 0.3) is 0 Å². The Labute approximate surface area is 162 Å². The van der Waals surface area contributed by atoms with Crippen LogP contribution in [-0.2, 0) is 9.47 Å². The molecule has 2 nitrogen and oxygen atoms in total. The molecule has 0 heterocycles. The molecule has 0 amide bonds. The minimum atomic E-state index is -0.289. The molecule has 0 aromatic rings. The molecule has 0 radical (unpaired) electrons. The average Bonchev–Trinajstić information content (AvgIpc) is 3.05. The van der Waals surface area contributed by atoms with Crippen LogP contribution in [0.4, 0.5) is 0 Å². The Bertz CT molecular complexity index is 506. The Morgan fingerprint density at radius 3 is 2.23 bits per heavy atom. The lowest BCUT2D eigenvalue weighted by molar-refractivity contribution is -0.246. The van der Waals surface area contributed by atoms with Crippen molar-refractivity contribution in [2.24, 2.45) is 35.0 Å². The molecule has 4 aliphatic carbocycles. The lowest BCUT2D eigenvalue weighted by Crippen LogP contribution is -2.51. The maximum absolute atomic E-state index is 5.80. The van der Waals surface area contributed by atoms with E-state index in [1.807, 2.05) is 28.1 Å². The molecular formula is C24H42O2. The third-order valence-electron chi connectivity index (χ3n) is 8.89. The normalized spacial score (nSPS) is 45.2. The van der Waals surface area contributed by atoms with Gasteiger partial charge in [0.15, 0.2) is 5.79 Å². The van der Waals surface area contributed by atoms with Crippen LogP contribution in [0.1, 0.15) is 85.5 Å². The summed E-state index contributed by atoms with van der Waals surface area (Å²) in [6.07, 6.45) is 14.5. The maximum atomic E-state index is 5.80. The molecule has 0 saturated heterocycles. The Morgan fingerprint density at radius 2 is 1.58 bits per heavy atom. The first-order valence-electron chi connectivity index (χ1n) is 11.3. The first kappa shape index (κ1) is 20.4. The highest BCUT2D eigenvalue weighted by molar-refractivity contribution is 5.23. The third-order valence-corrected chi connectivity index (χ3v) is 8.89. The number of methoxy groups -OCH3 is 2. The van der Waals surface area contributed by atoms with E-state index in [1.54, 1.807) is 5.57 Å². The second-order valence-electron chi connectivity index (χ2n) is 9.31. The van der Waals surface area contributed by atoms with Crippen molar-refractivity contribution >= 4 is 0 Å². The summed E-state index contributed by atoms with van der Waals surface area (Å²) >= 11 is 0. The van der Waals surface area contributed by atoms with Gasteiger partial charge in [-0.25, -0.2) is 0 Å². The molecule has 4 saturated carbocycles. The van der Waals surface area contributed by atoms with E-state index in [0.717, 1.165) is 42.4 Å². The van der Waals surface area contributed by atoms with Crippen molar-refractivity contribution in [1.29, 1.82) is 0 Å². The SMILES string of the molecule is C/C=C1/CCC2C3CCC4CC(OC)(OC)CCC4C3CCC12C.CC. The van der Waals surface area contributed by atoms with Gasteiger partial charge in [0.1, 0.15) is 0 Å². The maximum Gasteiger partial charge on any atom is 0.167 e. The van der Waals surface area contributed by atoms with Crippen LogP contribution in [0.25, 0.3) is 0 Å². The summed E-state index contributed by atoms with van der Waals surface area (Å²) in [4.78, 5) is 0. The summed E-state index contributed by atoms with van der Waals surface area (Å²) in [6, 6.07) is 0. The van der Waals surface area contributed by atoms with Gasteiger partial charge in [-0.3, -0.25) is 0 Å². The third kappa shape index (κ3) is 3.09. The molecule has 0 bridgehead atoms. The van der Waals surface area contributed by atoms with Crippen molar-refractivity contribution in [1.82, 2.24) is 0 Å². The number of ether oxygens (including phenoxy) is 2. The van der Waals surface area contributed by atoms with Gasteiger partial charge in [-0.2, -0.15) is 0 Å². The molecule has 4 aliphatic rings. The Hall–Kier alpha value is -0.340. The molecule has 4 fully saturated rings. The zero-order valence-electron chi connectivity index (χ0n) is 18.1. The highest BCUT2D eigenvalue weighted by Crippen LogP contribution is 2.64. The molecule has 0 spiro atoms. The zero-order chi connectivity index (χ0) is 18.9. The van der Waals surface area contributed by atoms with Crippen molar-refractivity contribution in [3.05, 3.63) is 11.6 Å². The monoisotopic (exact) mass is 362 g/mol. The number of fused-ring (bicyclic) bond motifs is 5. The van der Waals surface area contributed by atoms with E-state index in [-0.39, 0.29) is 5.79 Å². The molecule has 0 aromatic carbocycles. The first-order valence-corrected chi connectivity index (χ1v) is 11.3. The van der Waals surface area contributed by atoms with Gasteiger partial charge in [-0.05, 0) is 86.9 Å². The van der Waals surface area contributed by atoms with Crippen LogP contribution in [0.3, 0.4) is 0 Å². The molecule has 4 rings (SSSR count). The van der Waals surface area contributed by atoms with Crippen LogP contribution in [0.5, 0.6) is 0 Å². The summed E-state index contributed by atoms with van der Waals surface area (Å²) in [5.41, 5.74) is 2.30. The number of hydrogen-bond donors (Lipinski definition) is 0. The molecule has 150 valence electrons. The van der Waals surface area contributed by atoms with Crippen molar-refractivity contribution in [2.75, 3.05) is 14.2 Å². The number of hydrogen-bond acceptors (Lipinski definition) is 2. The van der Waals surface area contributed by atoms with Crippen LogP contribution >= 0.6 is 0 Å². The molecule has 6 unspecified atom stereocenters. The highest BCUT2D eigenvalue weighted by atomic mass is 16.7. The Balaban J connectivity index is 0.000000948. The fraction of sp³-hybridized carbons (Fsp3) is 0.917. The minimum Gasteiger partial charge on any atom is -0.353 e. The van der Waals surface area contributed by atoms with Crippen LogP contribution in [0, 0.1) is 35.0 Å². The van der Waals surface area contributed by atoms with Crippen LogP contribution in [0.15, 0.2) is 11.6 Å². The topological polar surface area (TPSA) is 18.5 Å². The minimum absolute atomic E-state index is 0.289. The molecule has 2 heteroatoms. The molecule has 0 aliphatic heterocycles. The van der Waals surface area contributed by atoms with Gasteiger partial charge in [0, 0.05) is 27.1 Å². The van der Waals surface area contributed by atoms with Gasteiger partial charge in [0.05, 0.1) is 0 Å². The van der Waals surface area contributed by atoms with E-state index in [9.17, 15) is 0 Å². The fourth-order valence-corrected chi connectivity index (χ4v) is 7.60. The Kier molecular flexibility index (Phi) is 6.24. The van der Waals surface area contributed by atoms with Gasteiger partial charge in [-0.15, -0.1) is 0 Å². The van der Waals surface area contributed by atoms with Crippen molar-refractivity contribution in [3.63, 3.8) is 0 Å². The summed E-state index contributed by atoms with van der Waals surface area (Å²) < 4.78 is 11.6. The molecule has 26 heavy (non-hydrogen) atoms. The van der Waals surface area contributed by atoms with Crippen LogP contribution in [0.2, 0.25) is 0 Å². The smallest absolute Gasteiger partial charge is 0.167 e. The summed E-state index contributed by atoms with van der Waals surface area (Å²) in [6.45, 7) is 8.85. The molecule has 0 N–H and O–H groups in total. The number of allylic oxidation sites excluding steroid dienone is 2. The summed E-state index contributed by atoms with van der Waals surface area (Å²) in [7, 11) is 3.66. The van der Waals surface area contributed by atoms with Gasteiger partial charge in [-0.1, -0.05) is 32.4 Å². The van der Waals surface area contributed by atoms with E-state index in [4.69, 9.17) is 9.47 Å². The molecule has 0 aromatic heterocycles. The molecule has 6 atom stereocenters. The standard InChI is InChI=1S/C22H36O2.C2H6/c1-5-16-7-9-20-19-8-6-15-14-22(23-3,24-4)13-11-17(15)18(19)10-12-21(16,20)2;1-2/h5,15,17-20H,6-14H2,1-4H3;1-2H3/b16-5-;. The predicted octanol–water partition coefficient (Wildman–Crippen LogP) is 6.60. The van der Waals surface area contributed by atoms with E-state index in [2.05, 4.69) is 19.9 Å². The second kappa shape index (κ2) is 7.95. The van der Waals surface area contributed by atoms with Crippen LogP contribution in [-0.4, -0.2) is 20.0 Å². The van der Waals surface area contributed by atoms with Crippen LogP contribution < -0.4 is 0 Å². The van der Waals surface area contributed by atoms with Gasteiger partial charge < -0.3 is 9.47 Å². The largest absolute Gasteiger partial charge is 0.353 e. The second-order valence-corrected chi connectivity index (χ2v) is 9.31. The zero-order valence-corrected chi connectivity index (χ0v) is 18.1. The lowest BCUT2D eigenvalue weighted by Gasteiger charge is -2.56. The van der Waals surface area contributed by atoms with E-state index in [1.165, 1.54) is 44.9 Å². The predicted molar refractivity (Wildman–Crippen MR) is 109 cm³/mol. The first-order chi connectivity index (χ1) is 12.6. The van der Waals surface area contributed by atoms with Crippen molar-refractivity contribution in [3.8, 4) is 0 Å². The van der Waals surface area contributed by atoms with Crippen molar-refractivity contribution in [2.45, 2.75) is 91.3 Å². The molecular weight excluding hydrogens is 320 g/mol. The van der Waals surface area contributed by atoms with E-state index >= 15 is 0 Å². The van der Waals surface area contributed by atoms with Gasteiger partial charge >= 0.3 is 0 Å². The number of rotatable bonds is 2.